The van der Waals surface area contributed by atoms with Gasteiger partial charge in [-0.25, -0.2) is 0 Å². The molecule has 3 unspecified atom stereocenters. The first-order chi connectivity index (χ1) is 17.1. The van der Waals surface area contributed by atoms with Crippen molar-refractivity contribution in [2.24, 2.45) is 28.9 Å². The summed E-state index contributed by atoms with van der Waals surface area (Å²) >= 11 is 0. The fraction of sp³-hybridized carbons (Fsp3) is 0.889. The predicted molar refractivity (Wildman–Crippen MR) is 82.8 cm³/mol. The SMILES string of the molecule is [2H]C1([2H])[C@H]2CC(C#N)N(C(=O)[C@@H](N)C34C([2H])([2H])C5([2H])C([2H])([2H])C([2H])(C([2H])([2H])C(O)(C5([2H])[2H])C3([2H])[2H])C4([2H])[2H])[C@H]21. The second-order valence-corrected chi connectivity index (χ2v) is 6.34. The summed E-state index contributed by atoms with van der Waals surface area (Å²) in [5.41, 5.74) is -2.13. The molecule has 1 saturated heterocycles. The third-order valence-corrected chi connectivity index (χ3v) is 4.79. The molecule has 6 aliphatic rings. The number of fused-ring (bicyclic) bond motifs is 1. The van der Waals surface area contributed by atoms with E-state index in [0.29, 0.717) is 4.90 Å². The van der Waals surface area contributed by atoms with Crippen molar-refractivity contribution >= 4 is 5.91 Å². The van der Waals surface area contributed by atoms with Crippen LogP contribution in [0.5, 0.6) is 0 Å². The smallest absolute Gasteiger partial charge is 0.241 e. The van der Waals surface area contributed by atoms with E-state index in [9.17, 15) is 15.2 Å². The molecule has 6 fully saturated rings. The van der Waals surface area contributed by atoms with Gasteiger partial charge < -0.3 is 15.7 Å². The summed E-state index contributed by atoms with van der Waals surface area (Å²) < 4.78 is 138. The number of hydrogen-bond acceptors (Lipinski definition) is 4. The van der Waals surface area contributed by atoms with E-state index in [2.05, 4.69) is 0 Å². The molecule has 1 amide bonds. The molecule has 6 atom stereocenters. The van der Waals surface area contributed by atoms with Gasteiger partial charge in [0.05, 0.1) is 17.7 Å². The van der Waals surface area contributed by atoms with E-state index >= 15 is 0 Å². The molecule has 5 nitrogen and oxygen atoms in total. The highest BCUT2D eigenvalue weighted by atomic mass is 16.3. The number of amides is 1. The molecule has 4 bridgehead atoms. The molecule has 1 heterocycles. The number of aliphatic hydroxyl groups is 1. The Morgan fingerprint density at radius 3 is 2.74 bits per heavy atom. The Morgan fingerprint density at radius 2 is 2.09 bits per heavy atom. The van der Waals surface area contributed by atoms with Crippen molar-refractivity contribution in [1.82, 2.24) is 4.90 Å². The average Bonchev–Trinajstić information content (AvgIpc) is 3.12. The molecule has 3 N–H and O–H groups in total. The van der Waals surface area contributed by atoms with Gasteiger partial charge in [-0.1, -0.05) is 0 Å². The number of nitrogens with zero attached hydrogens (tertiary/aromatic N) is 2. The zero-order chi connectivity index (χ0) is 30.4. The molecule has 1 aliphatic heterocycles. The molecule has 0 spiro atoms. The highest BCUT2D eigenvalue weighted by Crippen LogP contribution is 2.63. The van der Waals surface area contributed by atoms with Crippen LogP contribution in [0.15, 0.2) is 0 Å². The van der Waals surface area contributed by atoms with Crippen molar-refractivity contribution in [3.05, 3.63) is 0 Å². The van der Waals surface area contributed by atoms with Gasteiger partial charge in [-0.2, -0.15) is 5.26 Å². The van der Waals surface area contributed by atoms with Crippen molar-refractivity contribution in [2.45, 2.75) is 74.8 Å². The van der Waals surface area contributed by atoms with Crippen molar-refractivity contribution in [2.75, 3.05) is 0 Å². The van der Waals surface area contributed by atoms with Gasteiger partial charge in [-0.15, -0.1) is 0 Å². The summed E-state index contributed by atoms with van der Waals surface area (Å²) in [6, 6.07) is -3.80. The van der Waals surface area contributed by atoms with Crippen LogP contribution in [-0.4, -0.2) is 39.6 Å². The number of nitriles is 1. The number of carbonyl (C=O) groups excluding carboxylic acids is 1. The van der Waals surface area contributed by atoms with E-state index in [-0.39, 0.29) is 6.42 Å². The first-order valence-electron chi connectivity index (χ1n) is 15.3. The second-order valence-electron chi connectivity index (χ2n) is 6.34. The number of piperidine rings is 1. The van der Waals surface area contributed by atoms with Crippen LogP contribution in [0.4, 0.5) is 0 Å². The van der Waals surface area contributed by atoms with Crippen LogP contribution in [0.1, 0.15) is 73.0 Å². The van der Waals surface area contributed by atoms with Crippen LogP contribution in [0.2, 0.25) is 0 Å². The molecule has 5 heteroatoms. The van der Waals surface area contributed by atoms with Crippen LogP contribution < -0.4 is 5.73 Å². The molecule has 0 aromatic carbocycles. The molecule has 5 saturated carbocycles. The molecule has 5 aliphatic carbocycles. The van der Waals surface area contributed by atoms with Gasteiger partial charge in [0.25, 0.3) is 0 Å². The highest BCUT2D eigenvalue weighted by molar-refractivity contribution is 5.84. The van der Waals surface area contributed by atoms with Gasteiger partial charge in [0.1, 0.15) is 6.04 Å². The van der Waals surface area contributed by atoms with Crippen LogP contribution >= 0.6 is 0 Å². The normalized spacial score (nSPS) is 85.8. The molecular formula is C18H25N3O2. The topological polar surface area (TPSA) is 90.4 Å². The molecule has 0 radical (unpaired) electrons. The zero-order valence-electron chi connectivity index (χ0n) is 27.8. The lowest BCUT2D eigenvalue weighted by Crippen LogP contribution is -2.64. The first-order valence-corrected chi connectivity index (χ1v) is 7.32. The number of likely N-dealkylation sites (tertiary alicyclic amines) is 1. The fourth-order valence-corrected chi connectivity index (χ4v) is 3.71. The van der Waals surface area contributed by atoms with Crippen LogP contribution in [0.3, 0.4) is 0 Å². The fourth-order valence-electron chi connectivity index (χ4n) is 3.71. The van der Waals surface area contributed by atoms with Gasteiger partial charge in [0.15, 0.2) is 0 Å². The summed E-state index contributed by atoms with van der Waals surface area (Å²) in [6.07, 6.45) is -27.2. The predicted octanol–water partition coefficient (Wildman–Crippen LogP) is 1.16. The summed E-state index contributed by atoms with van der Waals surface area (Å²) in [4.78, 5) is 14.5. The minimum Gasteiger partial charge on any atom is -0.390 e. The maximum atomic E-state index is 13.9. The van der Waals surface area contributed by atoms with E-state index in [0.717, 1.165) is 0 Å². The summed E-state index contributed by atoms with van der Waals surface area (Å²) in [7, 11) is 0. The van der Waals surface area contributed by atoms with E-state index in [1.54, 1.807) is 6.07 Å². The number of hydrogen-bond donors (Lipinski definition) is 2. The van der Waals surface area contributed by atoms with Gasteiger partial charge in [-0.3, -0.25) is 4.79 Å². The van der Waals surface area contributed by atoms with E-state index < -0.39 is 97.4 Å². The average molecular weight is 332 g/mol. The van der Waals surface area contributed by atoms with E-state index in [4.69, 9.17) is 27.7 Å². The standard InChI is InChI=1S/C18H25N3O2/c19-8-13-2-12-3-14(12)21(13)16(22)15(20)17-4-10-1-11(5-17)7-18(23,6-10)9-17/h10-15,23H,1-7,9,20H2/t10?,11?,12-,13?,14+,15-,17?,18?/m1/s1/i1D2,3D2,4D2,5D2,6D2,7D2,9D2,10D,11D. The third kappa shape index (κ3) is 1.88. The Balaban J connectivity index is 1.88. The Hall–Kier alpha value is -1.12. The summed E-state index contributed by atoms with van der Waals surface area (Å²) in [6.45, 7) is 0. The second kappa shape index (κ2) is 4.29. The molecule has 0 aromatic heterocycles. The van der Waals surface area contributed by atoms with E-state index in [1.807, 2.05) is 0 Å². The molecule has 23 heavy (non-hydrogen) atoms. The molecular weight excluding hydrogens is 290 g/mol. The van der Waals surface area contributed by atoms with Gasteiger partial charge in [0, 0.05) is 28.0 Å². The number of rotatable bonds is 2. The van der Waals surface area contributed by atoms with E-state index in [1.165, 1.54) is 0 Å². The number of carbonyl (C=O) groups is 1. The van der Waals surface area contributed by atoms with Crippen molar-refractivity contribution in [3.63, 3.8) is 0 Å². The largest absolute Gasteiger partial charge is 0.390 e. The number of nitrogens with two attached hydrogens (primary N) is 1. The molecule has 0 aromatic rings. The Bertz CT molecular complexity index is 1130. The Kier molecular flexibility index (Phi) is 1.01. The maximum Gasteiger partial charge on any atom is 0.241 e. The van der Waals surface area contributed by atoms with Gasteiger partial charge >= 0.3 is 0 Å². The minimum absolute atomic E-state index is 0.186. The van der Waals surface area contributed by atoms with Crippen LogP contribution in [0, 0.1) is 34.5 Å². The lowest BCUT2D eigenvalue weighted by Gasteiger charge is -2.61. The Morgan fingerprint density at radius 1 is 1.39 bits per heavy atom. The summed E-state index contributed by atoms with van der Waals surface area (Å²) in [5.74, 6) is -10.7. The quantitative estimate of drug-likeness (QED) is 0.794. The molecule has 6 rings (SSSR count). The first kappa shape index (κ1) is 5.44. The Labute approximate surface area is 159 Å². The minimum atomic E-state index is -4.30. The van der Waals surface area contributed by atoms with Crippen molar-refractivity contribution in [1.29, 1.82) is 5.26 Å². The van der Waals surface area contributed by atoms with Gasteiger partial charge in [0.2, 0.25) is 5.91 Å². The zero-order valence-corrected chi connectivity index (χ0v) is 11.8. The monoisotopic (exact) mass is 331 g/mol. The van der Waals surface area contributed by atoms with Crippen LogP contribution in [-0.2, 0) is 4.79 Å². The van der Waals surface area contributed by atoms with Crippen molar-refractivity contribution in [3.8, 4) is 6.07 Å². The van der Waals surface area contributed by atoms with Crippen LogP contribution in [0.25, 0.3) is 0 Å². The van der Waals surface area contributed by atoms with Crippen molar-refractivity contribution < 1.29 is 31.8 Å². The van der Waals surface area contributed by atoms with Gasteiger partial charge in [-0.05, 0) is 74.2 Å². The third-order valence-electron chi connectivity index (χ3n) is 4.79. The highest BCUT2D eigenvalue weighted by Gasteiger charge is 2.62. The lowest BCUT2D eigenvalue weighted by molar-refractivity contribution is -0.177. The molecule has 124 valence electrons. The maximum absolute atomic E-state index is 13.9. The lowest BCUT2D eigenvalue weighted by atomic mass is 9.46. The summed E-state index contributed by atoms with van der Waals surface area (Å²) in [5, 5.41) is 21.2.